The third-order valence-corrected chi connectivity index (χ3v) is 3.04. The molecular formula is C12H14N4O4. The predicted molar refractivity (Wildman–Crippen MR) is 69.2 cm³/mol. The van der Waals surface area contributed by atoms with Crippen molar-refractivity contribution in [2.45, 2.75) is 24.9 Å². The van der Waals surface area contributed by atoms with Crippen LogP contribution in [0.5, 0.6) is 0 Å². The van der Waals surface area contributed by atoms with Gasteiger partial charge in [0.1, 0.15) is 18.1 Å². The van der Waals surface area contributed by atoms with Crippen molar-refractivity contribution in [3.8, 4) is 6.07 Å². The van der Waals surface area contributed by atoms with Crippen molar-refractivity contribution >= 4 is 11.9 Å². The molecule has 1 fully saturated rings. The Morgan fingerprint density at radius 3 is 3.05 bits per heavy atom. The van der Waals surface area contributed by atoms with Crippen LogP contribution in [0.1, 0.15) is 18.2 Å². The maximum atomic E-state index is 11.8. The number of rotatable bonds is 3. The number of aliphatic hydroxyl groups is 2. The number of nitrogens with zero attached hydrogens (tertiary/aromatic N) is 3. The highest BCUT2D eigenvalue weighted by atomic mass is 16.5. The summed E-state index contributed by atoms with van der Waals surface area (Å²) >= 11 is 0. The average molecular weight is 278 g/mol. The lowest BCUT2D eigenvalue weighted by Crippen LogP contribution is -2.28. The van der Waals surface area contributed by atoms with Gasteiger partial charge in [0.2, 0.25) is 0 Å². The van der Waals surface area contributed by atoms with Crippen LogP contribution >= 0.6 is 0 Å². The molecule has 0 unspecified atom stereocenters. The van der Waals surface area contributed by atoms with Crippen molar-refractivity contribution in [2.24, 2.45) is 0 Å². The van der Waals surface area contributed by atoms with E-state index in [4.69, 9.17) is 20.8 Å². The Balaban J connectivity index is 2.36. The number of nitrogen functional groups attached to an aromatic ring is 1. The highest BCUT2D eigenvalue weighted by molar-refractivity contribution is 5.61. The Kier molecular flexibility index (Phi) is 4.14. The van der Waals surface area contributed by atoms with Gasteiger partial charge in [-0.3, -0.25) is 4.57 Å². The molecule has 0 saturated carbocycles. The molecule has 2 heterocycles. The second kappa shape index (κ2) is 5.83. The second-order valence-corrected chi connectivity index (χ2v) is 4.35. The first-order chi connectivity index (χ1) is 9.56. The normalized spacial score (nSPS) is 25.9. The summed E-state index contributed by atoms with van der Waals surface area (Å²) in [7, 11) is 0. The van der Waals surface area contributed by atoms with E-state index >= 15 is 0 Å². The number of hydrogen-bond acceptors (Lipinski definition) is 7. The standard InChI is InChI=1S/C12H14N4O4/c13-3-1-2-7-5-16(12(19)15-11(7)14)10-4-8(18)9(6-17)20-10/h1-2,5,8-10,17-18H,4,6H2,(H2,14,15,19)/b2-1+/t8-,9+,10-/m0/s1. The van der Waals surface area contributed by atoms with Crippen molar-refractivity contribution in [1.29, 1.82) is 5.26 Å². The second-order valence-electron chi connectivity index (χ2n) is 4.35. The average Bonchev–Trinajstić information content (AvgIpc) is 2.79. The maximum Gasteiger partial charge on any atom is 0.351 e. The summed E-state index contributed by atoms with van der Waals surface area (Å²) in [6.07, 6.45) is 1.90. The molecule has 0 bridgehead atoms. The Hall–Kier alpha value is -2.21. The molecule has 106 valence electrons. The lowest BCUT2D eigenvalue weighted by atomic mass is 10.2. The van der Waals surface area contributed by atoms with Gasteiger partial charge >= 0.3 is 5.69 Å². The third-order valence-electron chi connectivity index (χ3n) is 3.04. The SMILES string of the molecule is N#C/C=C/c1cn([C@@H]2C[C@H](O)[C@@H](CO)O2)c(=O)nc1N. The molecule has 3 atom stereocenters. The lowest BCUT2D eigenvalue weighted by molar-refractivity contribution is -0.0458. The van der Waals surface area contributed by atoms with E-state index in [1.807, 2.05) is 6.07 Å². The molecule has 0 amide bonds. The zero-order valence-corrected chi connectivity index (χ0v) is 10.5. The molecule has 2 rings (SSSR count). The van der Waals surface area contributed by atoms with Crippen LogP contribution in [-0.2, 0) is 4.74 Å². The molecule has 0 radical (unpaired) electrons. The minimum Gasteiger partial charge on any atom is -0.394 e. The van der Waals surface area contributed by atoms with Crippen LogP contribution in [0, 0.1) is 11.3 Å². The molecule has 0 aliphatic carbocycles. The van der Waals surface area contributed by atoms with Crippen LogP contribution in [0.4, 0.5) is 5.82 Å². The van der Waals surface area contributed by atoms with Gasteiger partial charge in [0.15, 0.2) is 0 Å². The monoisotopic (exact) mass is 278 g/mol. The summed E-state index contributed by atoms with van der Waals surface area (Å²) in [4.78, 5) is 15.5. The Labute approximate surface area is 114 Å². The molecule has 1 aromatic heterocycles. The Morgan fingerprint density at radius 1 is 1.70 bits per heavy atom. The van der Waals surface area contributed by atoms with Gasteiger partial charge in [0.25, 0.3) is 0 Å². The molecule has 1 aliphatic heterocycles. The topological polar surface area (TPSA) is 134 Å². The van der Waals surface area contributed by atoms with E-state index in [0.717, 1.165) is 0 Å². The van der Waals surface area contributed by atoms with Gasteiger partial charge in [-0.1, -0.05) is 0 Å². The van der Waals surface area contributed by atoms with Gasteiger partial charge in [-0.25, -0.2) is 4.79 Å². The van der Waals surface area contributed by atoms with Gasteiger partial charge in [0.05, 0.1) is 18.8 Å². The zero-order valence-electron chi connectivity index (χ0n) is 10.5. The first kappa shape index (κ1) is 14.2. The Bertz CT molecular complexity index is 619. The summed E-state index contributed by atoms with van der Waals surface area (Å²) in [6.45, 7) is -0.337. The summed E-state index contributed by atoms with van der Waals surface area (Å²) in [6, 6.07) is 1.81. The molecule has 0 spiro atoms. The zero-order chi connectivity index (χ0) is 14.7. The van der Waals surface area contributed by atoms with Crippen molar-refractivity contribution in [2.75, 3.05) is 12.3 Å². The summed E-state index contributed by atoms with van der Waals surface area (Å²) < 4.78 is 6.57. The molecule has 1 saturated heterocycles. The highest BCUT2D eigenvalue weighted by Gasteiger charge is 2.35. The fourth-order valence-electron chi connectivity index (χ4n) is 2.01. The number of allylic oxidation sites excluding steroid dienone is 1. The van der Waals surface area contributed by atoms with Crippen LogP contribution in [-0.4, -0.2) is 38.6 Å². The maximum absolute atomic E-state index is 11.8. The van der Waals surface area contributed by atoms with Crippen LogP contribution in [0.15, 0.2) is 17.1 Å². The van der Waals surface area contributed by atoms with Gasteiger partial charge in [-0.2, -0.15) is 10.2 Å². The highest BCUT2D eigenvalue weighted by Crippen LogP contribution is 2.27. The molecule has 8 heteroatoms. The number of anilines is 1. The van der Waals surface area contributed by atoms with Crippen LogP contribution in [0.2, 0.25) is 0 Å². The quantitative estimate of drug-likeness (QED) is 0.604. The molecule has 1 aromatic rings. The molecular weight excluding hydrogens is 264 g/mol. The fourth-order valence-corrected chi connectivity index (χ4v) is 2.01. The lowest BCUT2D eigenvalue weighted by Gasteiger charge is -2.15. The summed E-state index contributed by atoms with van der Waals surface area (Å²) in [5.41, 5.74) is 5.38. The van der Waals surface area contributed by atoms with Crippen molar-refractivity contribution in [3.05, 3.63) is 28.3 Å². The molecule has 20 heavy (non-hydrogen) atoms. The third kappa shape index (κ3) is 2.70. The van der Waals surface area contributed by atoms with Crippen molar-refractivity contribution in [1.82, 2.24) is 9.55 Å². The van der Waals surface area contributed by atoms with Gasteiger partial charge in [-0.05, 0) is 6.08 Å². The van der Waals surface area contributed by atoms with Crippen LogP contribution < -0.4 is 11.4 Å². The first-order valence-corrected chi connectivity index (χ1v) is 5.96. The van der Waals surface area contributed by atoms with Crippen molar-refractivity contribution in [3.63, 3.8) is 0 Å². The van der Waals surface area contributed by atoms with E-state index in [-0.39, 0.29) is 18.8 Å². The largest absolute Gasteiger partial charge is 0.394 e. The predicted octanol–water partition coefficient (Wildman–Crippen LogP) is -0.997. The number of nitriles is 1. The molecule has 8 nitrogen and oxygen atoms in total. The number of ether oxygens (including phenoxy) is 1. The van der Waals surface area contributed by atoms with Crippen LogP contribution in [0.25, 0.3) is 6.08 Å². The fraction of sp³-hybridized carbons (Fsp3) is 0.417. The minimum absolute atomic E-state index is 0.00926. The van der Waals surface area contributed by atoms with E-state index in [1.165, 1.54) is 22.9 Å². The van der Waals surface area contributed by atoms with Gasteiger partial charge < -0.3 is 20.7 Å². The number of nitrogens with two attached hydrogens (primary N) is 1. The number of hydrogen-bond donors (Lipinski definition) is 3. The first-order valence-electron chi connectivity index (χ1n) is 5.96. The van der Waals surface area contributed by atoms with Gasteiger partial charge in [0, 0.05) is 24.3 Å². The van der Waals surface area contributed by atoms with E-state index in [9.17, 15) is 9.90 Å². The number of aromatic nitrogens is 2. The minimum atomic E-state index is -0.854. The number of aliphatic hydroxyl groups excluding tert-OH is 2. The van der Waals surface area contributed by atoms with E-state index in [1.54, 1.807) is 0 Å². The van der Waals surface area contributed by atoms with E-state index in [0.29, 0.717) is 5.56 Å². The molecule has 4 N–H and O–H groups in total. The molecule has 1 aliphatic rings. The van der Waals surface area contributed by atoms with Gasteiger partial charge in [-0.15, -0.1) is 0 Å². The summed E-state index contributed by atoms with van der Waals surface area (Å²) in [5, 5.41) is 27.2. The van der Waals surface area contributed by atoms with E-state index < -0.39 is 24.1 Å². The molecule has 0 aromatic carbocycles. The van der Waals surface area contributed by atoms with Crippen LogP contribution in [0.3, 0.4) is 0 Å². The summed E-state index contributed by atoms with van der Waals surface area (Å²) in [5.74, 6) is 0.00926. The van der Waals surface area contributed by atoms with E-state index in [2.05, 4.69) is 4.98 Å². The smallest absolute Gasteiger partial charge is 0.351 e. The van der Waals surface area contributed by atoms with Crippen molar-refractivity contribution < 1.29 is 14.9 Å². The Morgan fingerprint density at radius 2 is 2.45 bits per heavy atom.